The Balaban J connectivity index is 1.78. The molecular formula is C21H22N4O2. The Morgan fingerprint density at radius 2 is 1.89 bits per heavy atom. The fourth-order valence-electron chi connectivity index (χ4n) is 2.75. The van der Waals surface area contributed by atoms with Crippen molar-refractivity contribution < 1.29 is 9.53 Å². The van der Waals surface area contributed by atoms with E-state index in [1.165, 1.54) is 11.9 Å². The van der Waals surface area contributed by atoms with Gasteiger partial charge >= 0.3 is 0 Å². The summed E-state index contributed by atoms with van der Waals surface area (Å²) >= 11 is 0. The number of rotatable bonds is 6. The highest BCUT2D eigenvalue weighted by atomic mass is 16.5. The van der Waals surface area contributed by atoms with E-state index in [0.717, 1.165) is 23.4 Å². The van der Waals surface area contributed by atoms with Crippen molar-refractivity contribution >= 4 is 23.1 Å². The highest BCUT2D eigenvalue weighted by molar-refractivity contribution is 6.03. The average Bonchev–Trinajstić information content (AvgIpc) is 2.70. The maximum atomic E-state index is 12.5. The summed E-state index contributed by atoms with van der Waals surface area (Å²) in [5.41, 5.74) is 4.28. The van der Waals surface area contributed by atoms with Crippen LogP contribution >= 0.6 is 0 Å². The first-order valence-corrected chi connectivity index (χ1v) is 8.73. The Bertz CT molecular complexity index is 939. The molecule has 0 fully saturated rings. The van der Waals surface area contributed by atoms with Gasteiger partial charge in [0.15, 0.2) is 0 Å². The molecule has 1 amide bonds. The molecule has 138 valence electrons. The molecule has 0 spiro atoms. The first-order valence-electron chi connectivity index (χ1n) is 8.73. The van der Waals surface area contributed by atoms with Crippen LogP contribution in [0.2, 0.25) is 0 Å². The molecule has 0 bridgehead atoms. The molecule has 6 nitrogen and oxygen atoms in total. The van der Waals surface area contributed by atoms with Crippen LogP contribution in [0.1, 0.15) is 28.5 Å². The number of aromatic nitrogens is 2. The van der Waals surface area contributed by atoms with Crippen molar-refractivity contribution in [3.05, 3.63) is 71.7 Å². The molecule has 3 aromatic rings. The van der Waals surface area contributed by atoms with Crippen LogP contribution < -0.4 is 15.4 Å². The summed E-state index contributed by atoms with van der Waals surface area (Å²) in [6, 6.07) is 14.9. The van der Waals surface area contributed by atoms with Crippen molar-refractivity contribution in [2.75, 3.05) is 17.7 Å². The second-order valence-electron chi connectivity index (χ2n) is 6.06. The van der Waals surface area contributed by atoms with Gasteiger partial charge in [-0.1, -0.05) is 25.1 Å². The van der Waals surface area contributed by atoms with E-state index >= 15 is 0 Å². The van der Waals surface area contributed by atoms with Crippen LogP contribution in [-0.4, -0.2) is 23.0 Å². The number of nitrogens with zero attached hydrogens (tertiary/aromatic N) is 2. The number of ether oxygens (including phenoxy) is 1. The van der Waals surface area contributed by atoms with Gasteiger partial charge in [-0.2, -0.15) is 0 Å². The van der Waals surface area contributed by atoms with Crippen molar-refractivity contribution in [3.63, 3.8) is 0 Å². The topological polar surface area (TPSA) is 76.1 Å². The number of para-hydroxylation sites is 1. The zero-order valence-corrected chi connectivity index (χ0v) is 15.6. The number of benzene rings is 2. The van der Waals surface area contributed by atoms with Gasteiger partial charge in [0.05, 0.1) is 7.11 Å². The Morgan fingerprint density at radius 1 is 1.11 bits per heavy atom. The molecule has 1 aromatic heterocycles. The minimum Gasteiger partial charge on any atom is -0.497 e. The Hall–Kier alpha value is -3.41. The second kappa shape index (κ2) is 8.31. The van der Waals surface area contributed by atoms with Gasteiger partial charge in [-0.25, -0.2) is 9.97 Å². The van der Waals surface area contributed by atoms with E-state index in [4.69, 9.17) is 4.74 Å². The van der Waals surface area contributed by atoms with Crippen molar-refractivity contribution in [1.82, 2.24) is 9.97 Å². The van der Waals surface area contributed by atoms with Crippen LogP contribution in [0.5, 0.6) is 5.75 Å². The van der Waals surface area contributed by atoms with Gasteiger partial charge in [-0.15, -0.1) is 0 Å². The van der Waals surface area contributed by atoms with Gasteiger partial charge in [0.25, 0.3) is 5.91 Å². The lowest BCUT2D eigenvalue weighted by molar-refractivity contribution is 0.102. The lowest BCUT2D eigenvalue weighted by Gasteiger charge is -2.13. The minimum atomic E-state index is -0.300. The number of hydrogen-bond donors (Lipinski definition) is 2. The highest BCUT2D eigenvalue weighted by Gasteiger charge is 2.11. The summed E-state index contributed by atoms with van der Waals surface area (Å²) in [6.45, 7) is 4.15. The number of aryl methyl sites for hydroxylation is 2. The lowest BCUT2D eigenvalue weighted by Crippen LogP contribution is -2.14. The summed E-state index contributed by atoms with van der Waals surface area (Å²) in [5, 5.41) is 6.14. The SMILES string of the molecule is CCc1cccc(C)c1Nc1cc(C(=O)Nc2ccc(OC)cc2)ncn1. The monoisotopic (exact) mass is 362 g/mol. The van der Waals surface area contributed by atoms with E-state index in [2.05, 4.69) is 33.6 Å². The molecule has 1 heterocycles. The molecule has 2 aromatic carbocycles. The fraction of sp³-hybridized carbons (Fsp3) is 0.190. The van der Waals surface area contributed by atoms with Gasteiger partial charge in [-0.3, -0.25) is 4.79 Å². The Kier molecular flexibility index (Phi) is 5.66. The highest BCUT2D eigenvalue weighted by Crippen LogP contribution is 2.24. The summed E-state index contributed by atoms with van der Waals surface area (Å²) in [7, 11) is 1.60. The van der Waals surface area contributed by atoms with Gasteiger partial charge in [0.1, 0.15) is 23.6 Å². The van der Waals surface area contributed by atoms with E-state index in [0.29, 0.717) is 11.5 Å². The normalized spacial score (nSPS) is 10.3. The van der Waals surface area contributed by atoms with E-state index in [1.807, 2.05) is 19.1 Å². The predicted octanol–water partition coefficient (Wildman–Crippen LogP) is 4.35. The number of hydrogen-bond acceptors (Lipinski definition) is 5. The maximum absolute atomic E-state index is 12.5. The standard InChI is InChI=1S/C21H22N4O2/c1-4-15-7-5-6-14(2)20(15)25-19-12-18(22-13-23-19)21(26)24-16-8-10-17(27-3)11-9-16/h5-13H,4H2,1-3H3,(H,24,26)(H,22,23,25). The van der Waals surface area contributed by atoms with Crippen molar-refractivity contribution in [1.29, 1.82) is 0 Å². The van der Waals surface area contributed by atoms with Gasteiger partial charge in [0, 0.05) is 17.4 Å². The third kappa shape index (κ3) is 4.41. The molecule has 0 unspecified atom stereocenters. The van der Waals surface area contributed by atoms with Crippen molar-refractivity contribution in [2.24, 2.45) is 0 Å². The van der Waals surface area contributed by atoms with Crippen LogP contribution in [0.25, 0.3) is 0 Å². The van der Waals surface area contributed by atoms with Crippen LogP contribution in [0.3, 0.4) is 0 Å². The van der Waals surface area contributed by atoms with Crippen LogP contribution in [-0.2, 0) is 6.42 Å². The molecular weight excluding hydrogens is 340 g/mol. The number of amides is 1. The quantitative estimate of drug-likeness (QED) is 0.682. The molecule has 0 atom stereocenters. The third-order valence-electron chi connectivity index (χ3n) is 4.24. The number of carbonyl (C=O) groups is 1. The van der Waals surface area contributed by atoms with Gasteiger partial charge < -0.3 is 15.4 Å². The number of nitrogens with one attached hydrogen (secondary N) is 2. The number of anilines is 3. The summed E-state index contributed by atoms with van der Waals surface area (Å²) < 4.78 is 5.12. The van der Waals surface area contributed by atoms with Gasteiger partial charge in [0.2, 0.25) is 0 Å². The molecule has 0 aliphatic carbocycles. The van der Waals surface area contributed by atoms with Crippen LogP contribution in [0, 0.1) is 6.92 Å². The fourth-order valence-corrected chi connectivity index (χ4v) is 2.75. The van der Waals surface area contributed by atoms with E-state index in [-0.39, 0.29) is 11.6 Å². The van der Waals surface area contributed by atoms with Crippen molar-refractivity contribution in [2.45, 2.75) is 20.3 Å². The Labute approximate surface area is 158 Å². The molecule has 27 heavy (non-hydrogen) atoms. The third-order valence-corrected chi connectivity index (χ3v) is 4.24. The van der Waals surface area contributed by atoms with Crippen LogP contribution in [0.15, 0.2) is 54.9 Å². The average molecular weight is 362 g/mol. The molecule has 3 rings (SSSR count). The molecule has 6 heteroatoms. The summed E-state index contributed by atoms with van der Waals surface area (Å²) in [6.07, 6.45) is 2.29. The van der Waals surface area contributed by atoms with Gasteiger partial charge in [-0.05, 0) is 48.7 Å². The molecule has 0 radical (unpaired) electrons. The van der Waals surface area contributed by atoms with E-state index in [9.17, 15) is 4.79 Å². The zero-order chi connectivity index (χ0) is 19.2. The smallest absolute Gasteiger partial charge is 0.274 e. The van der Waals surface area contributed by atoms with E-state index in [1.54, 1.807) is 37.4 Å². The first kappa shape index (κ1) is 18.4. The molecule has 0 saturated carbocycles. The molecule has 0 aliphatic heterocycles. The predicted molar refractivity (Wildman–Crippen MR) is 107 cm³/mol. The largest absolute Gasteiger partial charge is 0.497 e. The summed E-state index contributed by atoms with van der Waals surface area (Å²) in [4.78, 5) is 20.8. The lowest BCUT2D eigenvalue weighted by atomic mass is 10.1. The van der Waals surface area contributed by atoms with Crippen molar-refractivity contribution in [3.8, 4) is 5.75 Å². The number of carbonyl (C=O) groups excluding carboxylic acids is 1. The molecule has 2 N–H and O–H groups in total. The number of methoxy groups -OCH3 is 1. The summed E-state index contributed by atoms with van der Waals surface area (Å²) in [5.74, 6) is 1.01. The Morgan fingerprint density at radius 3 is 2.59 bits per heavy atom. The minimum absolute atomic E-state index is 0.287. The first-order chi connectivity index (χ1) is 13.1. The zero-order valence-electron chi connectivity index (χ0n) is 15.6. The molecule has 0 aliphatic rings. The maximum Gasteiger partial charge on any atom is 0.274 e. The van der Waals surface area contributed by atoms with E-state index < -0.39 is 0 Å². The second-order valence-corrected chi connectivity index (χ2v) is 6.06. The molecule has 0 saturated heterocycles. The van der Waals surface area contributed by atoms with Crippen LogP contribution in [0.4, 0.5) is 17.2 Å².